The molecule has 0 radical (unpaired) electrons. The fourth-order valence-electron chi connectivity index (χ4n) is 6.67. The molecule has 0 aliphatic rings. The van der Waals surface area contributed by atoms with Gasteiger partial charge in [-0.05, 0) is 58.4 Å². The van der Waals surface area contributed by atoms with Crippen LogP contribution in [-0.4, -0.2) is 11.9 Å². The number of hydrogen-bond acceptors (Lipinski definition) is 4. The molecule has 5 aromatic rings. The first kappa shape index (κ1) is 32.9. The third-order valence-corrected chi connectivity index (χ3v) is 9.34. The lowest BCUT2D eigenvalue weighted by atomic mass is 9.84. The summed E-state index contributed by atoms with van der Waals surface area (Å²) >= 11 is 0. The quantitative estimate of drug-likeness (QED) is 0.0922. The minimum absolute atomic E-state index is 0.158. The average Bonchev–Trinajstić information content (AvgIpc) is 3.08. The van der Waals surface area contributed by atoms with Gasteiger partial charge in [0.05, 0.1) is 11.8 Å². The van der Waals surface area contributed by atoms with Crippen molar-refractivity contribution in [3.63, 3.8) is 0 Å². The van der Waals surface area contributed by atoms with Gasteiger partial charge in [0.1, 0.15) is 12.2 Å². The zero-order valence-corrected chi connectivity index (χ0v) is 27.6. The Morgan fingerprint density at radius 3 is 1.02 bits per heavy atom. The first-order valence-electron chi connectivity index (χ1n) is 16.9. The van der Waals surface area contributed by atoms with Gasteiger partial charge < -0.3 is 9.47 Å². The highest BCUT2D eigenvalue weighted by molar-refractivity contribution is 6.06. The van der Waals surface area contributed by atoms with E-state index in [0.29, 0.717) is 12.8 Å². The van der Waals surface area contributed by atoms with E-state index >= 15 is 0 Å². The average molecular weight is 615 g/mol. The number of hydrogen-bond donors (Lipinski definition) is 0. The topological polar surface area (TPSA) is 52.6 Å². The molecular weight excluding hydrogens is 568 g/mol. The Labute approximate surface area is 273 Å². The highest BCUT2D eigenvalue weighted by atomic mass is 16.5. The van der Waals surface area contributed by atoms with Crippen LogP contribution in [-0.2, 0) is 31.9 Å². The molecule has 46 heavy (non-hydrogen) atoms. The van der Waals surface area contributed by atoms with Crippen LogP contribution in [0, 0.1) is 11.8 Å². The highest BCUT2D eigenvalue weighted by Crippen LogP contribution is 2.43. The highest BCUT2D eigenvalue weighted by Gasteiger charge is 2.30. The van der Waals surface area contributed by atoms with Gasteiger partial charge in [0.2, 0.25) is 0 Å². The van der Waals surface area contributed by atoms with E-state index in [1.54, 1.807) is 0 Å². The Bertz CT molecular complexity index is 1550. The van der Waals surface area contributed by atoms with Crippen LogP contribution in [0.3, 0.4) is 0 Å². The van der Waals surface area contributed by atoms with E-state index in [0.717, 1.165) is 69.5 Å². The molecule has 0 heterocycles. The minimum Gasteiger partial charge on any atom is -0.457 e. The zero-order chi connectivity index (χ0) is 32.5. The molecule has 0 aliphatic carbocycles. The van der Waals surface area contributed by atoms with Gasteiger partial charge in [0.15, 0.2) is 0 Å². The molecule has 2 atom stereocenters. The van der Waals surface area contributed by atoms with E-state index in [4.69, 9.17) is 9.47 Å². The third kappa shape index (κ3) is 7.33. The van der Waals surface area contributed by atoms with Crippen LogP contribution >= 0.6 is 0 Å². The van der Waals surface area contributed by atoms with Crippen molar-refractivity contribution >= 4 is 33.5 Å². The second kappa shape index (κ2) is 15.7. The van der Waals surface area contributed by atoms with Gasteiger partial charge in [-0.3, -0.25) is 9.59 Å². The maximum atomic E-state index is 13.6. The van der Waals surface area contributed by atoms with Crippen LogP contribution < -0.4 is 0 Å². The molecule has 238 valence electrons. The summed E-state index contributed by atoms with van der Waals surface area (Å²) in [4.78, 5) is 27.2. The summed E-state index contributed by atoms with van der Waals surface area (Å²) in [5, 5.41) is 4.02. The van der Waals surface area contributed by atoms with E-state index < -0.39 is 12.2 Å². The second-order valence-electron chi connectivity index (χ2n) is 12.2. The van der Waals surface area contributed by atoms with E-state index in [9.17, 15) is 9.59 Å². The van der Waals surface area contributed by atoms with Crippen molar-refractivity contribution in [3.05, 3.63) is 131 Å². The first-order chi connectivity index (χ1) is 22.5. The molecule has 0 fully saturated rings. The van der Waals surface area contributed by atoms with Crippen molar-refractivity contribution < 1.29 is 19.1 Å². The fraction of sp³-hybridized carbons (Fsp3) is 0.333. The number of rotatable bonds is 14. The Balaban J connectivity index is 1.74. The number of carbonyl (C=O) groups is 2. The van der Waals surface area contributed by atoms with Gasteiger partial charge >= 0.3 is 11.9 Å². The second-order valence-corrected chi connectivity index (χ2v) is 12.2. The molecule has 0 saturated carbocycles. The Morgan fingerprint density at radius 1 is 0.457 bits per heavy atom. The van der Waals surface area contributed by atoms with Crippen molar-refractivity contribution in [2.75, 3.05) is 0 Å². The van der Waals surface area contributed by atoms with Gasteiger partial charge in [0, 0.05) is 24.0 Å². The van der Waals surface area contributed by atoms with Gasteiger partial charge in [-0.25, -0.2) is 0 Å². The summed E-state index contributed by atoms with van der Waals surface area (Å²) in [6.07, 6.45) is 3.04. The smallest absolute Gasteiger partial charge is 0.309 e. The molecule has 5 rings (SSSR count). The van der Waals surface area contributed by atoms with Crippen LogP contribution in [0.15, 0.2) is 109 Å². The lowest BCUT2D eigenvalue weighted by Crippen LogP contribution is -2.22. The molecule has 0 spiro atoms. The van der Waals surface area contributed by atoms with Crippen molar-refractivity contribution in [1.29, 1.82) is 0 Å². The van der Waals surface area contributed by atoms with E-state index in [1.165, 1.54) is 0 Å². The molecule has 0 aromatic heterocycles. The van der Waals surface area contributed by atoms with Crippen molar-refractivity contribution in [2.45, 2.75) is 78.4 Å². The summed E-state index contributed by atoms with van der Waals surface area (Å²) in [5.41, 5.74) is 4.18. The predicted octanol–water partition coefficient (Wildman–Crippen LogP) is 10.5. The maximum absolute atomic E-state index is 13.6. The van der Waals surface area contributed by atoms with E-state index in [2.05, 4.69) is 48.5 Å². The number of esters is 2. The standard InChI is InChI=1S/C42H46O4/c1-5-31(6-2)41(43)45-37(27-29-19-11-9-12-20-29)39-33-23-15-17-25-35(33)40(36-26-18-16-24-34(36)39)38(28-30-21-13-10-14-22-30)46-42(44)32(7-3)8-4/h9-26,31-32,37-38H,5-8,27-28H2,1-4H3. The number of ether oxygens (including phenoxy) is 2. The lowest BCUT2D eigenvalue weighted by molar-refractivity contribution is -0.155. The predicted molar refractivity (Wildman–Crippen MR) is 188 cm³/mol. The van der Waals surface area contributed by atoms with Crippen molar-refractivity contribution in [2.24, 2.45) is 11.8 Å². The normalized spacial score (nSPS) is 12.8. The summed E-state index contributed by atoms with van der Waals surface area (Å²) in [7, 11) is 0. The van der Waals surface area contributed by atoms with Gasteiger partial charge in [-0.1, -0.05) is 137 Å². The number of benzene rings is 5. The summed E-state index contributed by atoms with van der Waals surface area (Å²) in [6.45, 7) is 8.15. The van der Waals surface area contributed by atoms with Gasteiger partial charge in [-0.2, -0.15) is 0 Å². The monoisotopic (exact) mass is 614 g/mol. The molecule has 0 bridgehead atoms. The lowest BCUT2D eigenvalue weighted by Gasteiger charge is -2.28. The van der Waals surface area contributed by atoms with Crippen LogP contribution in [0.4, 0.5) is 0 Å². The molecule has 0 saturated heterocycles. The van der Waals surface area contributed by atoms with Crippen LogP contribution in [0.5, 0.6) is 0 Å². The Hall–Kier alpha value is -4.44. The van der Waals surface area contributed by atoms with Gasteiger partial charge in [0.25, 0.3) is 0 Å². The fourth-order valence-corrected chi connectivity index (χ4v) is 6.67. The summed E-state index contributed by atoms with van der Waals surface area (Å²) in [5.74, 6) is -0.641. The van der Waals surface area contributed by atoms with Crippen LogP contribution in [0.1, 0.15) is 87.8 Å². The SMILES string of the molecule is CCC(CC)C(=O)OC(Cc1ccccc1)c1c2ccccc2c(C(Cc2ccccc2)OC(=O)C(CC)CC)c2ccccc12. The Morgan fingerprint density at radius 2 is 0.739 bits per heavy atom. The first-order valence-corrected chi connectivity index (χ1v) is 16.9. The van der Waals surface area contributed by atoms with Crippen LogP contribution in [0.2, 0.25) is 0 Å². The number of carbonyl (C=O) groups excluding carboxylic acids is 2. The van der Waals surface area contributed by atoms with Crippen LogP contribution in [0.25, 0.3) is 21.5 Å². The van der Waals surface area contributed by atoms with Crippen molar-refractivity contribution in [1.82, 2.24) is 0 Å². The zero-order valence-electron chi connectivity index (χ0n) is 27.6. The molecule has 5 aromatic carbocycles. The van der Waals surface area contributed by atoms with E-state index in [1.807, 2.05) is 88.4 Å². The molecular formula is C42H46O4. The minimum atomic E-state index is -0.501. The molecule has 0 N–H and O–H groups in total. The van der Waals surface area contributed by atoms with Gasteiger partial charge in [-0.15, -0.1) is 0 Å². The third-order valence-electron chi connectivity index (χ3n) is 9.34. The molecule has 4 heteroatoms. The Kier molecular flexibility index (Phi) is 11.3. The molecule has 2 unspecified atom stereocenters. The molecule has 0 aliphatic heterocycles. The van der Waals surface area contributed by atoms with Crippen molar-refractivity contribution in [3.8, 4) is 0 Å². The maximum Gasteiger partial charge on any atom is 0.309 e. The molecule has 4 nitrogen and oxygen atoms in total. The summed E-state index contributed by atoms with van der Waals surface area (Å²) in [6, 6.07) is 37.1. The number of fused-ring (bicyclic) bond motifs is 2. The van der Waals surface area contributed by atoms with E-state index in [-0.39, 0.29) is 23.8 Å². The largest absolute Gasteiger partial charge is 0.457 e. The molecule has 0 amide bonds. The summed E-state index contributed by atoms with van der Waals surface area (Å²) < 4.78 is 13.0.